The number of nitrogens with zero attached hydrogens (tertiary/aromatic N) is 3. The second-order valence-electron chi connectivity index (χ2n) is 6.67. The first-order valence-electron chi connectivity index (χ1n) is 7.57. The first kappa shape index (κ1) is 13.1. The number of hydrogen-bond acceptors (Lipinski definition) is 3. The Hall–Kier alpha value is -0.870. The van der Waals surface area contributed by atoms with Crippen LogP contribution in [0.3, 0.4) is 0 Å². The molecule has 1 aromatic heterocycles. The van der Waals surface area contributed by atoms with Gasteiger partial charge in [0.2, 0.25) is 0 Å². The van der Waals surface area contributed by atoms with Crippen molar-refractivity contribution in [3.63, 3.8) is 0 Å². The lowest BCUT2D eigenvalue weighted by molar-refractivity contribution is 0.143. The Bertz CT molecular complexity index is 412. The van der Waals surface area contributed by atoms with Gasteiger partial charge >= 0.3 is 0 Å². The fourth-order valence-electron chi connectivity index (χ4n) is 3.71. The van der Waals surface area contributed by atoms with E-state index in [2.05, 4.69) is 35.4 Å². The lowest BCUT2D eigenvalue weighted by atomic mass is 9.87. The summed E-state index contributed by atoms with van der Waals surface area (Å²) in [5.41, 5.74) is 1.91. The van der Waals surface area contributed by atoms with E-state index in [1.807, 2.05) is 10.9 Å². The van der Waals surface area contributed by atoms with E-state index >= 15 is 0 Å². The number of likely N-dealkylation sites (tertiary alicyclic amines) is 1. The maximum Gasteiger partial charge on any atom is 0.0492 e. The van der Waals surface area contributed by atoms with Crippen molar-refractivity contribution in [2.24, 2.45) is 12.5 Å². The number of aromatic nitrogens is 2. The molecule has 2 saturated heterocycles. The van der Waals surface area contributed by atoms with Gasteiger partial charge in [0.25, 0.3) is 0 Å². The van der Waals surface area contributed by atoms with Gasteiger partial charge in [0.1, 0.15) is 0 Å². The number of rotatable bonds is 3. The third-order valence-electron chi connectivity index (χ3n) is 4.93. The summed E-state index contributed by atoms with van der Waals surface area (Å²) in [6, 6.07) is 2.18. The quantitative estimate of drug-likeness (QED) is 0.898. The molecule has 4 heteroatoms. The zero-order chi connectivity index (χ0) is 13.3. The molecule has 2 aliphatic heterocycles. The van der Waals surface area contributed by atoms with Gasteiger partial charge in [-0.1, -0.05) is 6.92 Å². The average molecular weight is 262 g/mol. The molecule has 0 bridgehead atoms. The number of aryl methyl sites for hydroxylation is 1. The Morgan fingerprint density at radius 1 is 1.42 bits per heavy atom. The van der Waals surface area contributed by atoms with E-state index in [1.54, 1.807) is 0 Å². The molecule has 2 fully saturated rings. The summed E-state index contributed by atoms with van der Waals surface area (Å²) in [5.74, 6) is 0.707. The van der Waals surface area contributed by atoms with E-state index in [0.29, 0.717) is 11.3 Å². The molecular weight excluding hydrogens is 236 g/mol. The van der Waals surface area contributed by atoms with Gasteiger partial charge in [0, 0.05) is 37.9 Å². The van der Waals surface area contributed by atoms with Gasteiger partial charge in [-0.3, -0.25) is 4.68 Å². The minimum atomic E-state index is 0.499. The minimum Gasteiger partial charge on any atom is -0.316 e. The molecule has 0 amide bonds. The van der Waals surface area contributed by atoms with E-state index < -0.39 is 0 Å². The molecule has 1 unspecified atom stereocenters. The Labute approximate surface area is 116 Å². The van der Waals surface area contributed by atoms with Crippen LogP contribution in [-0.4, -0.2) is 47.4 Å². The average Bonchev–Trinajstić information content (AvgIpc) is 3.00. The molecule has 0 radical (unpaired) electrons. The molecule has 2 aliphatic rings. The summed E-state index contributed by atoms with van der Waals surface area (Å²) >= 11 is 0. The van der Waals surface area contributed by atoms with E-state index in [1.165, 1.54) is 57.7 Å². The highest BCUT2D eigenvalue weighted by molar-refractivity contribution is 5.09. The zero-order valence-corrected chi connectivity index (χ0v) is 12.2. The SMILES string of the molecule is Cn1nccc1C1CCN(CC2(C)CCNC2)CC1. The molecule has 1 N–H and O–H groups in total. The van der Waals surface area contributed by atoms with Crippen molar-refractivity contribution >= 4 is 0 Å². The third kappa shape index (κ3) is 2.84. The largest absolute Gasteiger partial charge is 0.316 e. The molecule has 1 aromatic rings. The summed E-state index contributed by atoms with van der Waals surface area (Å²) in [6.45, 7) is 8.56. The number of nitrogens with one attached hydrogen (secondary N) is 1. The molecule has 106 valence electrons. The van der Waals surface area contributed by atoms with Crippen LogP contribution >= 0.6 is 0 Å². The number of hydrogen-bond donors (Lipinski definition) is 1. The van der Waals surface area contributed by atoms with E-state index in [-0.39, 0.29) is 0 Å². The second kappa shape index (κ2) is 5.25. The molecule has 0 saturated carbocycles. The fraction of sp³-hybridized carbons (Fsp3) is 0.800. The first-order chi connectivity index (χ1) is 9.16. The van der Waals surface area contributed by atoms with Crippen LogP contribution in [0.25, 0.3) is 0 Å². The van der Waals surface area contributed by atoms with Crippen LogP contribution in [0, 0.1) is 5.41 Å². The molecule has 1 atom stereocenters. The van der Waals surface area contributed by atoms with Gasteiger partial charge in [-0.2, -0.15) is 5.10 Å². The lowest BCUT2D eigenvalue weighted by Crippen LogP contribution is -2.41. The second-order valence-corrected chi connectivity index (χ2v) is 6.67. The summed E-state index contributed by atoms with van der Waals surface area (Å²) in [7, 11) is 2.06. The van der Waals surface area contributed by atoms with Crippen molar-refractivity contribution in [1.82, 2.24) is 20.0 Å². The van der Waals surface area contributed by atoms with Crippen LogP contribution in [0.4, 0.5) is 0 Å². The summed E-state index contributed by atoms with van der Waals surface area (Å²) in [6.07, 6.45) is 5.81. The predicted octanol–water partition coefficient (Wildman–Crippen LogP) is 1.60. The molecule has 0 spiro atoms. The van der Waals surface area contributed by atoms with Gasteiger partial charge in [-0.15, -0.1) is 0 Å². The standard InChI is InChI=1S/C15H26N4/c1-15(6-8-16-11-15)12-19-9-4-13(5-10-19)14-3-7-17-18(14)2/h3,7,13,16H,4-6,8-12H2,1-2H3. The molecule has 0 aliphatic carbocycles. The van der Waals surface area contributed by atoms with E-state index in [9.17, 15) is 0 Å². The van der Waals surface area contributed by atoms with Crippen LogP contribution in [0.15, 0.2) is 12.3 Å². The van der Waals surface area contributed by atoms with Crippen molar-refractivity contribution < 1.29 is 0 Å². The van der Waals surface area contributed by atoms with Crippen LogP contribution < -0.4 is 5.32 Å². The monoisotopic (exact) mass is 262 g/mol. The smallest absolute Gasteiger partial charge is 0.0492 e. The Balaban J connectivity index is 1.53. The van der Waals surface area contributed by atoms with Gasteiger partial charge in [-0.05, 0) is 50.4 Å². The minimum absolute atomic E-state index is 0.499. The predicted molar refractivity (Wildman–Crippen MR) is 77.2 cm³/mol. The Morgan fingerprint density at radius 3 is 2.79 bits per heavy atom. The molecule has 4 nitrogen and oxygen atoms in total. The third-order valence-corrected chi connectivity index (χ3v) is 4.93. The molecular formula is C15H26N4. The van der Waals surface area contributed by atoms with Gasteiger partial charge < -0.3 is 10.2 Å². The van der Waals surface area contributed by atoms with E-state index in [4.69, 9.17) is 0 Å². The summed E-state index contributed by atoms with van der Waals surface area (Å²) in [4.78, 5) is 2.67. The van der Waals surface area contributed by atoms with E-state index in [0.717, 1.165) is 0 Å². The molecule has 3 heterocycles. The van der Waals surface area contributed by atoms with Crippen molar-refractivity contribution in [2.75, 3.05) is 32.7 Å². The van der Waals surface area contributed by atoms with Gasteiger partial charge in [-0.25, -0.2) is 0 Å². The lowest BCUT2D eigenvalue weighted by Gasteiger charge is -2.37. The summed E-state index contributed by atoms with van der Waals surface area (Å²) in [5, 5.41) is 7.80. The maximum absolute atomic E-state index is 4.30. The van der Waals surface area contributed by atoms with Crippen molar-refractivity contribution in [1.29, 1.82) is 0 Å². The molecule has 19 heavy (non-hydrogen) atoms. The fourth-order valence-corrected chi connectivity index (χ4v) is 3.71. The number of piperidine rings is 1. The van der Waals surface area contributed by atoms with Crippen LogP contribution in [-0.2, 0) is 7.05 Å². The van der Waals surface area contributed by atoms with Gasteiger partial charge in [0.15, 0.2) is 0 Å². The highest BCUT2D eigenvalue weighted by Gasteiger charge is 2.32. The highest BCUT2D eigenvalue weighted by atomic mass is 15.3. The summed E-state index contributed by atoms with van der Waals surface area (Å²) < 4.78 is 2.04. The molecule has 0 aromatic carbocycles. The Morgan fingerprint density at radius 2 is 2.21 bits per heavy atom. The normalized spacial score (nSPS) is 30.0. The van der Waals surface area contributed by atoms with Crippen molar-refractivity contribution in [3.05, 3.63) is 18.0 Å². The van der Waals surface area contributed by atoms with Gasteiger partial charge in [0.05, 0.1) is 0 Å². The van der Waals surface area contributed by atoms with Crippen LogP contribution in [0.2, 0.25) is 0 Å². The zero-order valence-electron chi connectivity index (χ0n) is 12.2. The maximum atomic E-state index is 4.30. The topological polar surface area (TPSA) is 33.1 Å². The Kier molecular flexibility index (Phi) is 3.63. The van der Waals surface area contributed by atoms with Crippen LogP contribution in [0.1, 0.15) is 37.8 Å². The van der Waals surface area contributed by atoms with Crippen molar-refractivity contribution in [3.8, 4) is 0 Å². The van der Waals surface area contributed by atoms with Crippen molar-refractivity contribution in [2.45, 2.75) is 32.1 Å². The highest BCUT2D eigenvalue weighted by Crippen LogP contribution is 2.31. The van der Waals surface area contributed by atoms with Crippen LogP contribution in [0.5, 0.6) is 0 Å². The first-order valence-corrected chi connectivity index (χ1v) is 7.57. The molecule has 3 rings (SSSR count).